The van der Waals surface area contributed by atoms with Crippen molar-refractivity contribution in [2.45, 2.75) is 19.8 Å². The monoisotopic (exact) mass is 254 g/mol. The van der Waals surface area contributed by atoms with Gasteiger partial charge in [0.15, 0.2) is 0 Å². The molecule has 0 aliphatic heterocycles. The number of benzene rings is 1. The van der Waals surface area contributed by atoms with Crippen molar-refractivity contribution in [2.24, 2.45) is 0 Å². The zero-order valence-corrected chi connectivity index (χ0v) is 12.6. The Labute approximate surface area is 135 Å². The SMILES string of the molecule is CC(C)c1cc(C=O)cc([B-](F)(F)F)c1.[K+]. The Morgan fingerprint density at radius 1 is 1.19 bits per heavy atom. The van der Waals surface area contributed by atoms with Crippen molar-refractivity contribution in [2.75, 3.05) is 0 Å². The van der Waals surface area contributed by atoms with E-state index in [9.17, 15) is 17.7 Å². The summed E-state index contributed by atoms with van der Waals surface area (Å²) in [6, 6.07) is 3.49. The molecule has 16 heavy (non-hydrogen) atoms. The van der Waals surface area contributed by atoms with Gasteiger partial charge in [0.25, 0.3) is 0 Å². The molecule has 0 heterocycles. The molecule has 0 amide bonds. The van der Waals surface area contributed by atoms with Gasteiger partial charge in [0.1, 0.15) is 6.29 Å². The number of carbonyl (C=O) groups is 1. The standard InChI is InChI=1S/C10H11BF3O.K/c1-7(2)9-3-8(6-15)4-10(5-9)11(12,13)14;/h3-7H,1-2H3;/q-1;+1. The molecule has 0 N–H and O–H groups in total. The van der Waals surface area contributed by atoms with Crippen molar-refractivity contribution in [1.29, 1.82) is 0 Å². The fraction of sp³-hybridized carbons (Fsp3) is 0.300. The average molecular weight is 254 g/mol. The molecule has 0 bridgehead atoms. The minimum atomic E-state index is -5.04. The second-order valence-electron chi connectivity index (χ2n) is 3.78. The third-order valence-corrected chi connectivity index (χ3v) is 2.18. The minimum Gasteiger partial charge on any atom is -0.445 e. The van der Waals surface area contributed by atoms with Gasteiger partial charge in [0.2, 0.25) is 0 Å². The van der Waals surface area contributed by atoms with Gasteiger partial charge in [-0.3, -0.25) is 4.79 Å². The molecule has 6 heteroatoms. The number of aldehydes is 1. The Bertz CT molecular complexity index is 377. The van der Waals surface area contributed by atoms with E-state index >= 15 is 0 Å². The predicted octanol–water partition coefficient (Wildman–Crippen LogP) is -0.319. The zero-order valence-electron chi connectivity index (χ0n) is 9.51. The van der Waals surface area contributed by atoms with E-state index in [1.54, 1.807) is 13.8 Å². The first-order valence-corrected chi connectivity index (χ1v) is 4.64. The molecule has 82 valence electrons. The molecule has 1 nitrogen and oxygen atoms in total. The first kappa shape index (κ1) is 16.4. The number of carbonyl (C=O) groups excluding carboxylic acids is 1. The Balaban J connectivity index is 0.00000225. The van der Waals surface area contributed by atoms with Gasteiger partial charge in [-0.2, -0.15) is 0 Å². The minimum absolute atomic E-state index is 0. The predicted molar refractivity (Wildman–Crippen MR) is 54.6 cm³/mol. The van der Waals surface area contributed by atoms with Crippen LogP contribution < -0.4 is 56.8 Å². The van der Waals surface area contributed by atoms with Crippen molar-refractivity contribution in [3.8, 4) is 0 Å². The normalized spacial score (nSPS) is 11.1. The van der Waals surface area contributed by atoms with Crippen molar-refractivity contribution in [3.63, 3.8) is 0 Å². The van der Waals surface area contributed by atoms with Gasteiger partial charge in [0.05, 0.1) is 0 Å². The molecule has 0 atom stereocenters. The van der Waals surface area contributed by atoms with Gasteiger partial charge < -0.3 is 12.9 Å². The van der Waals surface area contributed by atoms with Crippen LogP contribution in [0.3, 0.4) is 0 Å². The first-order valence-electron chi connectivity index (χ1n) is 4.64. The summed E-state index contributed by atoms with van der Waals surface area (Å²) in [5, 5.41) is 0. The van der Waals surface area contributed by atoms with Crippen LogP contribution in [0.25, 0.3) is 0 Å². The van der Waals surface area contributed by atoms with Gasteiger partial charge in [-0.15, -0.1) is 5.46 Å². The third-order valence-electron chi connectivity index (χ3n) is 2.18. The van der Waals surface area contributed by atoms with E-state index in [0.717, 1.165) is 12.1 Å². The number of hydrogen-bond acceptors (Lipinski definition) is 1. The Morgan fingerprint density at radius 2 is 1.75 bits per heavy atom. The number of halogens is 3. The van der Waals surface area contributed by atoms with Gasteiger partial charge in [-0.25, -0.2) is 0 Å². The van der Waals surface area contributed by atoms with Gasteiger partial charge in [-0.05, 0) is 17.5 Å². The average Bonchev–Trinajstić information content (AvgIpc) is 2.15. The fourth-order valence-electron chi connectivity index (χ4n) is 1.29. The molecule has 0 saturated heterocycles. The maximum atomic E-state index is 12.5. The molecule has 0 aliphatic rings. The molecule has 0 saturated carbocycles. The van der Waals surface area contributed by atoms with E-state index in [1.165, 1.54) is 6.07 Å². The molecule has 1 aromatic rings. The van der Waals surface area contributed by atoms with E-state index in [0.29, 0.717) is 11.8 Å². The van der Waals surface area contributed by atoms with Crippen LogP contribution >= 0.6 is 0 Å². The maximum absolute atomic E-state index is 12.5. The van der Waals surface area contributed by atoms with E-state index in [1.807, 2.05) is 0 Å². The summed E-state index contributed by atoms with van der Waals surface area (Å²) in [5.41, 5.74) is -0.0903. The molecule has 0 unspecified atom stereocenters. The Hall–Kier alpha value is 0.381. The van der Waals surface area contributed by atoms with Gasteiger partial charge in [-0.1, -0.05) is 26.0 Å². The molecular formula is C10H11BF3KO. The van der Waals surface area contributed by atoms with E-state index in [-0.39, 0.29) is 62.9 Å². The van der Waals surface area contributed by atoms with Gasteiger partial charge >= 0.3 is 58.4 Å². The molecule has 0 radical (unpaired) electrons. The van der Waals surface area contributed by atoms with Crippen LogP contribution in [0.15, 0.2) is 18.2 Å². The summed E-state index contributed by atoms with van der Waals surface area (Å²) in [6.07, 6.45) is 0.442. The molecule has 0 aliphatic carbocycles. The molecule has 0 aromatic heterocycles. The largest absolute Gasteiger partial charge is 1.00 e. The summed E-state index contributed by atoms with van der Waals surface area (Å²) >= 11 is 0. The van der Waals surface area contributed by atoms with E-state index in [2.05, 4.69) is 0 Å². The first-order chi connectivity index (χ1) is 6.84. The van der Waals surface area contributed by atoms with Crippen LogP contribution in [-0.2, 0) is 0 Å². The second-order valence-corrected chi connectivity index (χ2v) is 3.78. The number of rotatable bonds is 3. The van der Waals surface area contributed by atoms with E-state index < -0.39 is 12.4 Å². The molecule has 1 aromatic carbocycles. The van der Waals surface area contributed by atoms with E-state index in [4.69, 9.17) is 0 Å². The topological polar surface area (TPSA) is 17.1 Å². The quantitative estimate of drug-likeness (QED) is 0.534. The van der Waals surface area contributed by atoms with Crippen molar-refractivity contribution in [1.82, 2.24) is 0 Å². The van der Waals surface area contributed by atoms with Crippen molar-refractivity contribution < 1.29 is 69.1 Å². The maximum Gasteiger partial charge on any atom is 1.00 e. The fourth-order valence-corrected chi connectivity index (χ4v) is 1.29. The summed E-state index contributed by atoms with van der Waals surface area (Å²) < 4.78 is 37.5. The third kappa shape index (κ3) is 4.33. The summed E-state index contributed by atoms with van der Waals surface area (Å²) in [7, 11) is 0. The van der Waals surface area contributed by atoms with Crippen LogP contribution in [0.4, 0.5) is 12.9 Å². The van der Waals surface area contributed by atoms with Crippen LogP contribution in [0.1, 0.15) is 35.7 Å². The summed E-state index contributed by atoms with van der Waals surface area (Å²) in [4.78, 5) is 10.5. The van der Waals surface area contributed by atoms with Crippen LogP contribution in [-0.4, -0.2) is 13.3 Å². The van der Waals surface area contributed by atoms with Crippen molar-refractivity contribution in [3.05, 3.63) is 29.3 Å². The Kier molecular flexibility index (Phi) is 6.50. The second kappa shape index (κ2) is 6.35. The van der Waals surface area contributed by atoms with Crippen LogP contribution in [0.5, 0.6) is 0 Å². The molecule has 1 rings (SSSR count). The Morgan fingerprint density at radius 3 is 2.12 bits per heavy atom. The summed E-state index contributed by atoms with van der Waals surface area (Å²) in [5.74, 6) is -0.0261. The number of hydrogen-bond donors (Lipinski definition) is 0. The molecular weight excluding hydrogens is 243 g/mol. The molecule has 0 spiro atoms. The van der Waals surface area contributed by atoms with Crippen LogP contribution in [0, 0.1) is 0 Å². The molecule has 0 fully saturated rings. The van der Waals surface area contributed by atoms with Gasteiger partial charge in [0, 0.05) is 5.56 Å². The van der Waals surface area contributed by atoms with Crippen molar-refractivity contribution >= 4 is 18.7 Å². The zero-order chi connectivity index (χ0) is 11.6. The smallest absolute Gasteiger partial charge is 0.445 e. The van der Waals surface area contributed by atoms with Crippen LogP contribution in [0.2, 0.25) is 0 Å². The summed E-state index contributed by atoms with van der Waals surface area (Å²) in [6.45, 7) is -1.46.